The Morgan fingerprint density at radius 1 is 1.13 bits per heavy atom. The number of rotatable bonds is 16. The van der Waals surface area contributed by atoms with Gasteiger partial charge in [0.25, 0.3) is 5.91 Å². The number of hydrogen-bond donors (Lipinski definition) is 3. The summed E-state index contributed by atoms with van der Waals surface area (Å²) in [5, 5.41) is 8.70. The van der Waals surface area contributed by atoms with Gasteiger partial charge in [-0.25, -0.2) is 23.2 Å². The molecule has 1 aliphatic heterocycles. The monoisotopic (exact) mass is 752 g/mol. The highest BCUT2D eigenvalue weighted by molar-refractivity contribution is 7.91. The second-order valence-corrected chi connectivity index (χ2v) is 17.1. The van der Waals surface area contributed by atoms with Gasteiger partial charge in [0.15, 0.2) is 0 Å². The molecule has 1 saturated heterocycles. The molecule has 3 fully saturated rings. The van der Waals surface area contributed by atoms with E-state index in [0.29, 0.717) is 54.9 Å². The fraction of sp³-hybridized carbons (Fsp3) is 0.541. The second-order valence-electron chi connectivity index (χ2n) is 14.3. The lowest BCUT2D eigenvalue weighted by Crippen LogP contribution is -2.56. The molecule has 2 atom stereocenters. The van der Waals surface area contributed by atoms with E-state index < -0.39 is 50.8 Å². The van der Waals surface area contributed by atoms with Gasteiger partial charge in [-0.1, -0.05) is 26.3 Å². The molecule has 3 aromatic rings. The minimum absolute atomic E-state index is 0.110. The van der Waals surface area contributed by atoms with E-state index in [1.807, 2.05) is 36.6 Å². The average Bonchev–Trinajstić information content (AvgIpc) is 4.02. The van der Waals surface area contributed by atoms with Gasteiger partial charge in [0, 0.05) is 35.4 Å². The van der Waals surface area contributed by atoms with Crippen LogP contribution < -0.4 is 24.8 Å². The van der Waals surface area contributed by atoms with Crippen LogP contribution in [-0.4, -0.2) is 84.3 Å². The van der Waals surface area contributed by atoms with Crippen molar-refractivity contribution in [3.63, 3.8) is 0 Å². The fourth-order valence-electron chi connectivity index (χ4n) is 6.44. The number of fused-ring (bicyclic) bond motifs is 1. The van der Waals surface area contributed by atoms with E-state index >= 15 is 0 Å². The van der Waals surface area contributed by atoms with Crippen LogP contribution in [0.4, 0.5) is 4.79 Å². The number of amides is 4. The van der Waals surface area contributed by atoms with E-state index in [2.05, 4.69) is 35.8 Å². The van der Waals surface area contributed by atoms with Crippen molar-refractivity contribution in [2.75, 3.05) is 20.2 Å². The summed E-state index contributed by atoms with van der Waals surface area (Å²) in [6, 6.07) is 4.22. The van der Waals surface area contributed by atoms with Crippen LogP contribution in [0.15, 0.2) is 36.2 Å². The summed E-state index contributed by atoms with van der Waals surface area (Å²) in [5.74, 6) is 0.186. The zero-order valence-electron chi connectivity index (χ0n) is 30.2. The summed E-state index contributed by atoms with van der Waals surface area (Å²) in [6.07, 6.45) is 6.62. The van der Waals surface area contributed by atoms with E-state index in [9.17, 15) is 22.8 Å². The van der Waals surface area contributed by atoms with Gasteiger partial charge in [-0.15, -0.1) is 17.9 Å². The summed E-state index contributed by atoms with van der Waals surface area (Å²) in [6.45, 7) is 10.4. The first kappa shape index (κ1) is 37.5. The summed E-state index contributed by atoms with van der Waals surface area (Å²) in [5.41, 5.74) is 1.79. The number of carbonyl (C=O) groups excluding carboxylic acids is 3. The number of nitrogens with one attached hydrogen (secondary N) is 3. The van der Waals surface area contributed by atoms with Crippen LogP contribution in [0.3, 0.4) is 0 Å². The molecule has 52 heavy (non-hydrogen) atoms. The predicted molar refractivity (Wildman–Crippen MR) is 200 cm³/mol. The van der Waals surface area contributed by atoms with Crippen molar-refractivity contribution < 1.29 is 32.3 Å². The van der Waals surface area contributed by atoms with Crippen molar-refractivity contribution in [2.45, 2.75) is 107 Å². The normalized spacial score (nSPS) is 19.4. The van der Waals surface area contributed by atoms with E-state index in [0.717, 1.165) is 47.3 Å². The topological polar surface area (TPSA) is 169 Å². The molecule has 1 aromatic carbocycles. The molecule has 6 rings (SSSR count). The maximum Gasteiger partial charge on any atom is 0.318 e. The molecule has 2 saturated carbocycles. The van der Waals surface area contributed by atoms with Crippen LogP contribution in [0.25, 0.3) is 21.6 Å². The molecule has 280 valence electrons. The number of likely N-dealkylation sites (tertiary alicyclic amines) is 1. The maximum atomic E-state index is 13.9. The number of aryl methyl sites for hydroxylation is 1. The fourth-order valence-corrected chi connectivity index (χ4v) is 8.76. The molecule has 0 bridgehead atoms. The highest BCUT2D eigenvalue weighted by Gasteiger charge is 2.55. The third-order valence-corrected chi connectivity index (χ3v) is 12.6. The number of pyridine rings is 1. The Hall–Kier alpha value is -4.24. The molecule has 0 spiro atoms. The Labute approximate surface area is 309 Å². The number of hydrogen-bond acceptors (Lipinski definition) is 10. The smallest absolute Gasteiger partial charge is 0.318 e. The average molecular weight is 753 g/mol. The Balaban J connectivity index is 1.25. The van der Waals surface area contributed by atoms with Crippen LogP contribution >= 0.6 is 11.3 Å². The van der Waals surface area contributed by atoms with Crippen LogP contribution in [0.2, 0.25) is 0 Å². The zero-order valence-corrected chi connectivity index (χ0v) is 31.8. The third-order valence-electron chi connectivity index (χ3n) is 9.93. The Bertz CT molecular complexity index is 1950. The first-order chi connectivity index (χ1) is 24.9. The lowest BCUT2D eigenvalue weighted by Gasteiger charge is -2.26. The predicted octanol–water partition coefficient (Wildman–Crippen LogP) is 5.33. The molecule has 0 radical (unpaired) electrons. The molecule has 3 heterocycles. The van der Waals surface area contributed by atoms with Gasteiger partial charge < -0.3 is 25.0 Å². The summed E-state index contributed by atoms with van der Waals surface area (Å²) in [4.78, 5) is 52.0. The van der Waals surface area contributed by atoms with Crippen LogP contribution in [0.5, 0.6) is 11.5 Å². The number of methoxy groups -OCH3 is 1. The molecule has 13 nitrogen and oxygen atoms in total. The summed E-state index contributed by atoms with van der Waals surface area (Å²) >= 11 is 1.50. The van der Waals surface area contributed by atoms with E-state index in [-0.39, 0.29) is 18.9 Å². The first-order valence-electron chi connectivity index (χ1n) is 18.0. The lowest BCUT2D eigenvalue weighted by atomic mass is 10.1. The number of ether oxygens (including phenoxy) is 2. The van der Waals surface area contributed by atoms with Crippen molar-refractivity contribution in [1.82, 2.24) is 30.2 Å². The standard InChI is InChI=1S/C37H48N6O7S2/c1-6-7-8-9-10-17-38-36(46)43-20-24(18-29(43)33(44)41-37(15-16-37)35(45)42-52(47,48)25-11-12-25)50-31-19-27(34-40-28(21-51-34)22(2)3)39-32-23(4)30(49-5)14-13-26(31)32/h6,13-14,19,21-22,24-25,29H,1,7-12,15-18,20H2,2-5H3,(H,38,46)(H,41,44)(H,42,45)/t24?,29-/m0/s1. The number of benzene rings is 1. The quantitative estimate of drug-likeness (QED) is 0.129. The maximum absolute atomic E-state index is 13.9. The Morgan fingerprint density at radius 2 is 1.90 bits per heavy atom. The Morgan fingerprint density at radius 3 is 2.56 bits per heavy atom. The van der Waals surface area contributed by atoms with Crippen molar-refractivity contribution in [3.8, 4) is 22.2 Å². The summed E-state index contributed by atoms with van der Waals surface area (Å²) in [7, 11) is -2.18. The lowest BCUT2D eigenvalue weighted by molar-refractivity contribution is -0.131. The van der Waals surface area contributed by atoms with Gasteiger partial charge in [0.05, 0.1) is 30.1 Å². The van der Waals surface area contributed by atoms with Gasteiger partial charge in [0.2, 0.25) is 15.9 Å². The van der Waals surface area contributed by atoms with Crippen molar-refractivity contribution in [1.29, 1.82) is 0 Å². The molecule has 4 amide bonds. The van der Waals surface area contributed by atoms with E-state index in [4.69, 9.17) is 19.4 Å². The van der Waals surface area contributed by atoms with Crippen molar-refractivity contribution in [2.24, 2.45) is 0 Å². The highest BCUT2D eigenvalue weighted by Crippen LogP contribution is 2.40. The number of unbranched alkanes of at least 4 members (excludes halogenated alkanes) is 3. The Kier molecular flexibility index (Phi) is 11.1. The van der Waals surface area contributed by atoms with E-state index in [1.165, 1.54) is 16.2 Å². The third kappa shape index (κ3) is 8.20. The van der Waals surface area contributed by atoms with Crippen molar-refractivity contribution in [3.05, 3.63) is 47.5 Å². The SMILES string of the molecule is C=CCCCCCNC(=O)N1CC(Oc2cc(-c3nc(C(C)C)cs3)nc3c(C)c(OC)ccc23)C[C@H]1C(=O)NC1(C(=O)NS(=O)(=O)C2CC2)CC1. The molecule has 2 aromatic heterocycles. The van der Waals surface area contributed by atoms with Crippen LogP contribution in [0.1, 0.15) is 88.8 Å². The van der Waals surface area contributed by atoms with Gasteiger partial charge >= 0.3 is 6.03 Å². The zero-order chi connectivity index (χ0) is 37.2. The van der Waals surface area contributed by atoms with Gasteiger partial charge in [0.1, 0.15) is 39.9 Å². The number of allylic oxidation sites excluding steroid dienone is 1. The largest absolute Gasteiger partial charge is 0.496 e. The van der Waals surface area contributed by atoms with Gasteiger partial charge in [-0.05, 0) is 69.9 Å². The first-order valence-corrected chi connectivity index (χ1v) is 20.4. The minimum atomic E-state index is -3.79. The van der Waals surface area contributed by atoms with Crippen LogP contribution in [-0.2, 0) is 19.6 Å². The number of nitrogens with zero attached hydrogens (tertiary/aromatic N) is 3. The number of urea groups is 1. The van der Waals surface area contributed by atoms with E-state index in [1.54, 1.807) is 7.11 Å². The second kappa shape index (κ2) is 15.4. The van der Waals surface area contributed by atoms with Crippen LogP contribution in [0, 0.1) is 6.92 Å². The van der Waals surface area contributed by atoms with Gasteiger partial charge in [-0.3, -0.25) is 14.3 Å². The summed E-state index contributed by atoms with van der Waals surface area (Å²) < 4.78 is 39.5. The highest BCUT2D eigenvalue weighted by atomic mass is 32.2. The number of aromatic nitrogens is 2. The molecule has 15 heteroatoms. The minimum Gasteiger partial charge on any atom is -0.496 e. The molecule has 1 unspecified atom stereocenters. The number of carbonyl (C=O) groups is 3. The molecule has 3 N–H and O–H groups in total. The molecular weight excluding hydrogens is 705 g/mol. The van der Waals surface area contributed by atoms with Crippen molar-refractivity contribution >= 4 is 50.1 Å². The molecule has 2 aliphatic carbocycles. The molecular formula is C37H48N6O7S2. The molecule has 3 aliphatic rings. The number of thiazole rings is 1. The van der Waals surface area contributed by atoms with Gasteiger partial charge in [-0.2, -0.15) is 0 Å². The number of sulfonamides is 1.